The minimum absolute atomic E-state index is 0.0197. The second kappa shape index (κ2) is 14.4. The van der Waals surface area contributed by atoms with Crippen LogP contribution >= 0.6 is 0 Å². The largest absolute Gasteiger partial charge is 0.380 e. The van der Waals surface area contributed by atoms with E-state index in [1.165, 1.54) is 12.2 Å². The quantitative estimate of drug-likeness (QED) is 0.403. The molecule has 0 radical (unpaired) electrons. The van der Waals surface area contributed by atoms with Crippen LogP contribution in [-0.4, -0.2) is 51.3 Å². The minimum Gasteiger partial charge on any atom is -0.380 e. The molecule has 0 fully saturated rings. The average Bonchev–Trinajstić information content (AvgIpc) is 2.68. The first-order valence-corrected chi connectivity index (χ1v) is 9.78. The summed E-state index contributed by atoms with van der Waals surface area (Å²) in [5.74, 6) is 0.139. The second-order valence-electron chi connectivity index (χ2n) is 7.35. The van der Waals surface area contributed by atoms with E-state index >= 15 is 0 Å². The van der Waals surface area contributed by atoms with Crippen molar-refractivity contribution in [1.82, 2.24) is 10.6 Å². The molecule has 0 aliphatic carbocycles. The van der Waals surface area contributed by atoms with Crippen molar-refractivity contribution in [3.63, 3.8) is 0 Å². The molecular formula is C21H38N2O4. The van der Waals surface area contributed by atoms with Crippen LogP contribution in [-0.2, 0) is 19.1 Å². The zero-order valence-electron chi connectivity index (χ0n) is 17.5. The fourth-order valence-corrected chi connectivity index (χ4v) is 2.46. The number of carbonyl (C=O) groups excluding carboxylic acids is 2. The Morgan fingerprint density at radius 1 is 0.889 bits per heavy atom. The summed E-state index contributed by atoms with van der Waals surface area (Å²) in [5, 5.41) is 5.56. The van der Waals surface area contributed by atoms with Gasteiger partial charge in [-0.15, -0.1) is 0 Å². The van der Waals surface area contributed by atoms with E-state index in [0.717, 1.165) is 12.8 Å². The average molecular weight is 383 g/mol. The number of rotatable bonds is 16. The summed E-state index contributed by atoms with van der Waals surface area (Å²) >= 11 is 0. The molecule has 6 nitrogen and oxygen atoms in total. The van der Waals surface area contributed by atoms with Crippen molar-refractivity contribution in [2.24, 2.45) is 17.3 Å². The maximum absolute atomic E-state index is 11.2. The van der Waals surface area contributed by atoms with Gasteiger partial charge in [0.15, 0.2) is 0 Å². The van der Waals surface area contributed by atoms with Gasteiger partial charge < -0.3 is 20.1 Å². The standard InChI is InChI=1S/C21H38N2O4/c1-7-19(24)22-11-17(5)13-26-15-21(9-3,10-4)16-27-14-18(6)12-23-20(25)8-2/h7-8,17-18H,1-2,9-16H2,3-6H3,(H,22,24)(H,23,25). The second-order valence-corrected chi connectivity index (χ2v) is 7.35. The van der Waals surface area contributed by atoms with Crippen molar-refractivity contribution in [3.8, 4) is 0 Å². The van der Waals surface area contributed by atoms with Crippen LogP contribution in [0, 0.1) is 17.3 Å². The fourth-order valence-electron chi connectivity index (χ4n) is 2.46. The topological polar surface area (TPSA) is 76.7 Å². The van der Waals surface area contributed by atoms with E-state index in [2.05, 4.69) is 37.6 Å². The van der Waals surface area contributed by atoms with Crippen molar-refractivity contribution in [1.29, 1.82) is 0 Å². The molecule has 0 saturated heterocycles. The fraction of sp³-hybridized carbons (Fsp3) is 0.714. The van der Waals surface area contributed by atoms with E-state index in [1.54, 1.807) is 0 Å². The molecule has 0 saturated carbocycles. The Morgan fingerprint density at radius 3 is 1.56 bits per heavy atom. The first-order valence-electron chi connectivity index (χ1n) is 9.78. The molecule has 156 valence electrons. The molecule has 2 amide bonds. The molecule has 0 aromatic carbocycles. The van der Waals surface area contributed by atoms with Crippen molar-refractivity contribution in [2.75, 3.05) is 39.5 Å². The molecular weight excluding hydrogens is 344 g/mol. The molecule has 0 aliphatic heterocycles. The molecule has 0 heterocycles. The maximum Gasteiger partial charge on any atom is 0.243 e. The Kier molecular flexibility index (Phi) is 13.5. The van der Waals surface area contributed by atoms with Gasteiger partial charge in [0, 0.05) is 18.5 Å². The van der Waals surface area contributed by atoms with Crippen LogP contribution in [0.15, 0.2) is 25.3 Å². The lowest BCUT2D eigenvalue weighted by Gasteiger charge is -2.32. The van der Waals surface area contributed by atoms with E-state index in [9.17, 15) is 9.59 Å². The lowest BCUT2D eigenvalue weighted by Crippen LogP contribution is -2.35. The van der Waals surface area contributed by atoms with Gasteiger partial charge in [-0.05, 0) is 36.8 Å². The molecule has 0 aromatic heterocycles. The van der Waals surface area contributed by atoms with Crippen LogP contribution in [0.2, 0.25) is 0 Å². The molecule has 0 aromatic rings. The van der Waals surface area contributed by atoms with Crippen LogP contribution in [0.1, 0.15) is 40.5 Å². The van der Waals surface area contributed by atoms with Gasteiger partial charge in [-0.3, -0.25) is 9.59 Å². The van der Waals surface area contributed by atoms with E-state index in [4.69, 9.17) is 9.47 Å². The van der Waals surface area contributed by atoms with Gasteiger partial charge in [0.25, 0.3) is 0 Å². The smallest absolute Gasteiger partial charge is 0.243 e. The summed E-state index contributed by atoms with van der Waals surface area (Å²) in [4.78, 5) is 22.4. The third kappa shape index (κ3) is 11.6. The molecule has 2 unspecified atom stereocenters. The summed E-state index contributed by atoms with van der Waals surface area (Å²) in [6.07, 6.45) is 4.47. The number of hydrogen-bond acceptors (Lipinski definition) is 4. The van der Waals surface area contributed by atoms with Gasteiger partial charge in [-0.2, -0.15) is 0 Å². The van der Waals surface area contributed by atoms with E-state index in [1.807, 2.05) is 13.8 Å². The molecule has 2 atom stereocenters. The van der Waals surface area contributed by atoms with Crippen LogP contribution in [0.3, 0.4) is 0 Å². The summed E-state index contributed by atoms with van der Waals surface area (Å²) in [6, 6.07) is 0. The van der Waals surface area contributed by atoms with Gasteiger partial charge >= 0.3 is 0 Å². The number of nitrogens with one attached hydrogen (secondary N) is 2. The van der Waals surface area contributed by atoms with Crippen molar-refractivity contribution >= 4 is 11.8 Å². The summed E-state index contributed by atoms with van der Waals surface area (Å²) in [5.41, 5.74) is -0.0197. The Balaban J connectivity index is 4.22. The van der Waals surface area contributed by atoms with Crippen LogP contribution < -0.4 is 10.6 Å². The highest BCUT2D eigenvalue weighted by molar-refractivity contribution is 5.87. The Hall–Kier alpha value is -1.66. The first-order chi connectivity index (χ1) is 12.8. The van der Waals surface area contributed by atoms with Gasteiger partial charge in [0.2, 0.25) is 11.8 Å². The molecule has 27 heavy (non-hydrogen) atoms. The van der Waals surface area contributed by atoms with Gasteiger partial charge in [-0.1, -0.05) is 40.9 Å². The highest BCUT2D eigenvalue weighted by Crippen LogP contribution is 2.27. The Labute approximate surface area is 164 Å². The van der Waals surface area contributed by atoms with E-state index in [-0.39, 0.29) is 29.1 Å². The summed E-state index contributed by atoms with van der Waals surface area (Å²) in [7, 11) is 0. The van der Waals surface area contributed by atoms with Crippen LogP contribution in [0.25, 0.3) is 0 Å². The van der Waals surface area contributed by atoms with Gasteiger partial charge in [0.1, 0.15) is 0 Å². The molecule has 0 aliphatic rings. The monoisotopic (exact) mass is 382 g/mol. The number of amides is 2. The number of hydrogen-bond donors (Lipinski definition) is 2. The lowest BCUT2D eigenvalue weighted by molar-refractivity contribution is -0.117. The molecule has 2 N–H and O–H groups in total. The SMILES string of the molecule is C=CC(=O)NCC(C)COCC(CC)(CC)COCC(C)CNC(=O)C=C. The Morgan fingerprint density at radius 2 is 1.26 bits per heavy atom. The first kappa shape index (κ1) is 25.3. The van der Waals surface area contributed by atoms with E-state index < -0.39 is 0 Å². The minimum atomic E-state index is -0.162. The van der Waals surface area contributed by atoms with E-state index in [0.29, 0.717) is 39.5 Å². The zero-order valence-corrected chi connectivity index (χ0v) is 17.5. The van der Waals surface area contributed by atoms with Crippen molar-refractivity contribution in [2.45, 2.75) is 40.5 Å². The summed E-state index contributed by atoms with van der Waals surface area (Å²) in [6.45, 7) is 18.8. The highest BCUT2D eigenvalue weighted by Gasteiger charge is 2.27. The third-order valence-electron chi connectivity index (χ3n) is 4.74. The molecule has 0 rings (SSSR count). The normalized spacial score (nSPS) is 13.5. The summed E-state index contributed by atoms with van der Waals surface area (Å²) < 4.78 is 11.9. The molecule has 0 bridgehead atoms. The van der Waals surface area contributed by atoms with Gasteiger partial charge in [0.05, 0.1) is 26.4 Å². The Bertz CT molecular complexity index is 423. The third-order valence-corrected chi connectivity index (χ3v) is 4.74. The predicted octanol–water partition coefficient (Wildman–Crippen LogP) is 2.70. The highest BCUT2D eigenvalue weighted by atomic mass is 16.5. The van der Waals surface area contributed by atoms with Crippen LogP contribution in [0.4, 0.5) is 0 Å². The molecule has 6 heteroatoms. The van der Waals surface area contributed by atoms with Gasteiger partial charge in [-0.25, -0.2) is 0 Å². The van der Waals surface area contributed by atoms with Crippen molar-refractivity contribution in [3.05, 3.63) is 25.3 Å². The van der Waals surface area contributed by atoms with Crippen LogP contribution in [0.5, 0.6) is 0 Å². The molecule has 0 spiro atoms. The lowest BCUT2D eigenvalue weighted by atomic mass is 9.84. The maximum atomic E-state index is 11.2. The van der Waals surface area contributed by atoms with Crippen molar-refractivity contribution < 1.29 is 19.1 Å². The number of ether oxygens (including phenoxy) is 2. The number of carbonyl (C=O) groups is 2. The predicted molar refractivity (Wildman–Crippen MR) is 109 cm³/mol. The zero-order chi connectivity index (χ0) is 20.7.